The van der Waals surface area contributed by atoms with E-state index in [1.807, 2.05) is 0 Å². The highest BCUT2D eigenvalue weighted by atomic mass is 16.5. The Bertz CT molecular complexity index is 131. The summed E-state index contributed by atoms with van der Waals surface area (Å²) in [6.07, 6.45) is 3.49. The van der Waals surface area contributed by atoms with Crippen molar-refractivity contribution in [2.75, 3.05) is 20.3 Å². The first-order valence-electron chi connectivity index (χ1n) is 3.76. The van der Waals surface area contributed by atoms with E-state index < -0.39 is 0 Å². The standard InChI is InChI=1S/C8H15NO/c1-7-3-4-9-8(5-7)6-10-2/h5,7,9H,3-4,6H2,1-2H3. The van der Waals surface area contributed by atoms with Gasteiger partial charge in [-0.1, -0.05) is 13.0 Å². The third-order valence-corrected chi connectivity index (χ3v) is 1.74. The lowest BCUT2D eigenvalue weighted by molar-refractivity contribution is 0.217. The van der Waals surface area contributed by atoms with E-state index in [0.717, 1.165) is 13.2 Å². The smallest absolute Gasteiger partial charge is 0.0855 e. The first kappa shape index (κ1) is 7.61. The molecule has 0 fully saturated rings. The lowest BCUT2D eigenvalue weighted by Gasteiger charge is -2.19. The summed E-state index contributed by atoms with van der Waals surface area (Å²) in [5, 5.41) is 3.29. The lowest BCUT2D eigenvalue weighted by atomic mass is 10.0. The van der Waals surface area contributed by atoms with E-state index in [1.165, 1.54) is 12.1 Å². The molecule has 1 aliphatic heterocycles. The molecule has 0 radical (unpaired) electrons. The molecule has 2 nitrogen and oxygen atoms in total. The molecule has 1 rings (SSSR count). The molecule has 0 saturated carbocycles. The molecule has 0 aromatic carbocycles. The zero-order valence-corrected chi connectivity index (χ0v) is 6.68. The number of hydrogen-bond donors (Lipinski definition) is 1. The Kier molecular flexibility index (Phi) is 2.75. The molecule has 0 aromatic heterocycles. The maximum absolute atomic E-state index is 5.00. The first-order valence-corrected chi connectivity index (χ1v) is 3.76. The SMILES string of the molecule is COCC1=CC(C)CCN1. The highest BCUT2D eigenvalue weighted by Gasteiger charge is 2.06. The molecule has 1 heterocycles. The van der Waals surface area contributed by atoms with Crippen LogP contribution in [0.5, 0.6) is 0 Å². The molecule has 0 spiro atoms. The molecule has 58 valence electrons. The monoisotopic (exact) mass is 141 g/mol. The topological polar surface area (TPSA) is 21.3 Å². The Morgan fingerprint density at radius 3 is 3.20 bits per heavy atom. The predicted molar refractivity (Wildman–Crippen MR) is 41.7 cm³/mol. The molecule has 0 saturated heterocycles. The summed E-state index contributed by atoms with van der Waals surface area (Å²) in [5.41, 5.74) is 1.24. The lowest BCUT2D eigenvalue weighted by Crippen LogP contribution is -2.24. The van der Waals surface area contributed by atoms with Gasteiger partial charge in [-0.3, -0.25) is 0 Å². The van der Waals surface area contributed by atoms with Crippen LogP contribution in [0.3, 0.4) is 0 Å². The summed E-state index contributed by atoms with van der Waals surface area (Å²) in [6.45, 7) is 4.05. The quantitative estimate of drug-likeness (QED) is 0.622. The zero-order valence-electron chi connectivity index (χ0n) is 6.68. The number of methoxy groups -OCH3 is 1. The van der Waals surface area contributed by atoms with Crippen molar-refractivity contribution in [3.8, 4) is 0 Å². The molecule has 0 aromatic rings. The average Bonchev–Trinajstić information content (AvgIpc) is 1.88. The van der Waals surface area contributed by atoms with Gasteiger partial charge in [0.25, 0.3) is 0 Å². The Hall–Kier alpha value is -0.500. The Morgan fingerprint density at radius 1 is 1.80 bits per heavy atom. The van der Waals surface area contributed by atoms with E-state index >= 15 is 0 Å². The molecule has 2 heteroatoms. The van der Waals surface area contributed by atoms with Gasteiger partial charge in [0.05, 0.1) is 6.61 Å². The molecule has 0 bridgehead atoms. The Labute approximate surface area is 62.3 Å². The van der Waals surface area contributed by atoms with Gasteiger partial charge in [0.1, 0.15) is 0 Å². The molecular weight excluding hydrogens is 126 g/mol. The van der Waals surface area contributed by atoms with E-state index in [-0.39, 0.29) is 0 Å². The van der Waals surface area contributed by atoms with Crippen LogP contribution in [-0.4, -0.2) is 20.3 Å². The number of hydrogen-bond acceptors (Lipinski definition) is 2. The second kappa shape index (κ2) is 3.62. The molecule has 1 aliphatic rings. The predicted octanol–water partition coefficient (Wildman–Crippen LogP) is 1.15. The van der Waals surface area contributed by atoms with E-state index in [0.29, 0.717) is 5.92 Å². The molecule has 0 amide bonds. The fourth-order valence-electron chi connectivity index (χ4n) is 1.20. The molecular formula is C8H15NO. The van der Waals surface area contributed by atoms with Crippen LogP contribution in [0.2, 0.25) is 0 Å². The van der Waals surface area contributed by atoms with Gasteiger partial charge in [-0.15, -0.1) is 0 Å². The van der Waals surface area contributed by atoms with Crippen LogP contribution in [0.1, 0.15) is 13.3 Å². The Balaban J connectivity index is 2.41. The van der Waals surface area contributed by atoms with Crippen LogP contribution in [0, 0.1) is 5.92 Å². The molecule has 10 heavy (non-hydrogen) atoms. The van der Waals surface area contributed by atoms with Gasteiger partial charge >= 0.3 is 0 Å². The van der Waals surface area contributed by atoms with Crippen LogP contribution >= 0.6 is 0 Å². The number of rotatable bonds is 2. The van der Waals surface area contributed by atoms with E-state index in [1.54, 1.807) is 7.11 Å². The minimum absolute atomic E-state index is 0.714. The molecule has 1 atom stereocenters. The van der Waals surface area contributed by atoms with Gasteiger partial charge < -0.3 is 10.1 Å². The fourth-order valence-corrected chi connectivity index (χ4v) is 1.20. The van der Waals surface area contributed by atoms with Crippen molar-refractivity contribution < 1.29 is 4.74 Å². The summed E-state index contributed by atoms with van der Waals surface area (Å²) in [7, 11) is 1.72. The van der Waals surface area contributed by atoms with Crippen LogP contribution in [0.15, 0.2) is 11.8 Å². The summed E-state index contributed by atoms with van der Waals surface area (Å²) in [6, 6.07) is 0. The van der Waals surface area contributed by atoms with Crippen molar-refractivity contribution >= 4 is 0 Å². The van der Waals surface area contributed by atoms with Crippen molar-refractivity contribution in [1.82, 2.24) is 5.32 Å². The third kappa shape index (κ3) is 2.03. The maximum atomic E-state index is 5.00. The van der Waals surface area contributed by atoms with Gasteiger partial charge in [-0.2, -0.15) is 0 Å². The second-order valence-corrected chi connectivity index (χ2v) is 2.82. The van der Waals surface area contributed by atoms with Crippen molar-refractivity contribution in [1.29, 1.82) is 0 Å². The van der Waals surface area contributed by atoms with Crippen LogP contribution in [-0.2, 0) is 4.74 Å². The highest BCUT2D eigenvalue weighted by molar-refractivity contribution is 5.05. The first-order chi connectivity index (χ1) is 4.83. The minimum atomic E-state index is 0.714. The number of allylic oxidation sites excluding steroid dienone is 1. The molecule has 1 N–H and O–H groups in total. The van der Waals surface area contributed by atoms with Gasteiger partial charge in [-0.25, -0.2) is 0 Å². The maximum Gasteiger partial charge on any atom is 0.0855 e. The van der Waals surface area contributed by atoms with Crippen molar-refractivity contribution in [3.63, 3.8) is 0 Å². The van der Waals surface area contributed by atoms with Gasteiger partial charge in [0, 0.05) is 19.4 Å². The second-order valence-electron chi connectivity index (χ2n) is 2.82. The Morgan fingerprint density at radius 2 is 2.60 bits per heavy atom. The summed E-state index contributed by atoms with van der Waals surface area (Å²) in [4.78, 5) is 0. The van der Waals surface area contributed by atoms with Gasteiger partial charge in [-0.05, 0) is 12.3 Å². The highest BCUT2D eigenvalue weighted by Crippen LogP contribution is 2.10. The molecule has 1 unspecified atom stereocenters. The van der Waals surface area contributed by atoms with Crippen molar-refractivity contribution in [2.24, 2.45) is 5.92 Å². The van der Waals surface area contributed by atoms with Gasteiger partial charge in [0.2, 0.25) is 0 Å². The van der Waals surface area contributed by atoms with Crippen molar-refractivity contribution in [3.05, 3.63) is 11.8 Å². The van der Waals surface area contributed by atoms with Crippen LogP contribution in [0.4, 0.5) is 0 Å². The van der Waals surface area contributed by atoms with E-state index in [9.17, 15) is 0 Å². The zero-order chi connectivity index (χ0) is 7.40. The van der Waals surface area contributed by atoms with Crippen molar-refractivity contribution in [2.45, 2.75) is 13.3 Å². The summed E-state index contributed by atoms with van der Waals surface area (Å²) < 4.78 is 5.00. The summed E-state index contributed by atoms with van der Waals surface area (Å²) in [5.74, 6) is 0.714. The van der Waals surface area contributed by atoms with Gasteiger partial charge in [0.15, 0.2) is 0 Å². The van der Waals surface area contributed by atoms with Crippen LogP contribution in [0.25, 0.3) is 0 Å². The number of ether oxygens (including phenoxy) is 1. The average molecular weight is 141 g/mol. The van der Waals surface area contributed by atoms with E-state index in [4.69, 9.17) is 4.74 Å². The normalized spacial score (nSPS) is 25.4. The largest absolute Gasteiger partial charge is 0.387 e. The van der Waals surface area contributed by atoms with Crippen LogP contribution < -0.4 is 5.32 Å². The fraction of sp³-hybridized carbons (Fsp3) is 0.750. The molecule has 0 aliphatic carbocycles. The summed E-state index contributed by atoms with van der Waals surface area (Å²) >= 11 is 0. The minimum Gasteiger partial charge on any atom is -0.387 e. The third-order valence-electron chi connectivity index (χ3n) is 1.74. The van der Waals surface area contributed by atoms with E-state index in [2.05, 4.69) is 18.3 Å². The number of nitrogens with one attached hydrogen (secondary N) is 1.